The van der Waals surface area contributed by atoms with Crippen LogP contribution in [0.1, 0.15) is 30.6 Å². The van der Waals surface area contributed by atoms with E-state index < -0.39 is 5.54 Å². The van der Waals surface area contributed by atoms with E-state index in [9.17, 15) is 9.59 Å². The maximum Gasteiger partial charge on any atom is 0.255 e. The van der Waals surface area contributed by atoms with Crippen LogP contribution in [0.3, 0.4) is 0 Å². The van der Waals surface area contributed by atoms with Crippen molar-refractivity contribution in [2.75, 3.05) is 13.6 Å². The number of nitrogens with zero attached hydrogens (tertiary/aromatic N) is 1. The second-order valence-corrected chi connectivity index (χ2v) is 5.79. The highest BCUT2D eigenvalue weighted by Gasteiger charge is 2.46. The molecule has 0 bridgehead atoms. The molecule has 4 nitrogen and oxygen atoms in total. The van der Waals surface area contributed by atoms with Crippen molar-refractivity contribution in [1.82, 2.24) is 10.2 Å². The van der Waals surface area contributed by atoms with Gasteiger partial charge in [-0.3, -0.25) is 9.59 Å². The first-order valence-electron chi connectivity index (χ1n) is 7.28. The van der Waals surface area contributed by atoms with Gasteiger partial charge >= 0.3 is 0 Å². The van der Waals surface area contributed by atoms with Crippen LogP contribution >= 0.6 is 0 Å². The van der Waals surface area contributed by atoms with Crippen LogP contribution in [-0.4, -0.2) is 35.8 Å². The van der Waals surface area contributed by atoms with Crippen LogP contribution in [0.5, 0.6) is 0 Å². The van der Waals surface area contributed by atoms with Crippen molar-refractivity contribution < 1.29 is 9.59 Å². The van der Waals surface area contributed by atoms with Gasteiger partial charge in [0, 0.05) is 19.2 Å². The minimum atomic E-state index is -0.879. The standard InChI is InChI=1S/C17H22N2O2/c1-13(2)12-17(16(21)18-3)10-7-11-19(17)15(20)14-8-5-4-6-9-14/h4-10,13H,11-12H2,1-3H3,(H,18,21). The number of rotatable bonds is 4. The number of amides is 2. The number of likely N-dealkylation sites (N-methyl/N-ethyl adjacent to an activating group) is 1. The number of carbonyl (C=O) groups is 2. The minimum Gasteiger partial charge on any atom is -0.357 e. The Kier molecular flexibility index (Phi) is 4.46. The van der Waals surface area contributed by atoms with E-state index in [1.165, 1.54) is 0 Å². The molecule has 1 heterocycles. The molecule has 1 unspecified atom stereocenters. The molecule has 0 aromatic heterocycles. The molecule has 21 heavy (non-hydrogen) atoms. The van der Waals surface area contributed by atoms with Crippen molar-refractivity contribution in [3.63, 3.8) is 0 Å². The van der Waals surface area contributed by atoms with Crippen molar-refractivity contribution in [1.29, 1.82) is 0 Å². The highest BCUT2D eigenvalue weighted by Crippen LogP contribution is 2.32. The summed E-state index contributed by atoms with van der Waals surface area (Å²) in [6, 6.07) is 9.11. The van der Waals surface area contributed by atoms with Crippen molar-refractivity contribution >= 4 is 11.8 Å². The average molecular weight is 286 g/mol. The number of nitrogens with one attached hydrogen (secondary N) is 1. The summed E-state index contributed by atoms with van der Waals surface area (Å²) < 4.78 is 0. The molecule has 4 heteroatoms. The molecule has 1 atom stereocenters. The Morgan fingerprint density at radius 3 is 2.52 bits per heavy atom. The molecule has 2 rings (SSSR count). The lowest BCUT2D eigenvalue weighted by atomic mass is 9.87. The molecule has 0 saturated heterocycles. The van der Waals surface area contributed by atoms with Gasteiger partial charge in [-0.25, -0.2) is 0 Å². The third kappa shape index (κ3) is 2.84. The first-order valence-corrected chi connectivity index (χ1v) is 7.28. The quantitative estimate of drug-likeness (QED) is 0.863. The Morgan fingerprint density at radius 1 is 1.29 bits per heavy atom. The summed E-state index contributed by atoms with van der Waals surface area (Å²) in [6.07, 6.45) is 4.38. The molecular formula is C17H22N2O2. The molecule has 2 amide bonds. The molecule has 112 valence electrons. The van der Waals surface area contributed by atoms with Crippen molar-refractivity contribution in [2.45, 2.75) is 25.8 Å². The molecule has 1 aliphatic heterocycles. The van der Waals surface area contributed by atoms with Crippen molar-refractivity contribution in [2.24, 2.45) is 5.92 Å². The summed E-state index contributed by atoms with van der Waals surface area (Å²) in [7, 11) is 1.61. The molecule has 0 fully saturated rings. The first kappa shape index (κ1) is 15.3. The summed E-state index contributed by atoms with van der Waals surface area (Å²) in [6.45, 7) is 4.58. The van der Waals surface area contributed by atoms with Crippen molar-refractivity contribution in [3.8, 4) is 0 Å². The zero-order valence-electron chi connectivity index (χ0n) is 12.8. The van der Waals surface area contributed by atoms with Crippen LogP contribution in [0, 0.1) is 5.92 Å². The number of hydrogen-bond acceptors (Lipinski definition) is 2. The van der Waals surface area contributed by atoms with Crippen LogP contribution in [0.15, 0.2) is 42.5 Å². The number of carbonyl (C=O) groups excluding carboxylic acids is 2. The van der Waals surface area contributed by atoms with E-state index in [0.29, 0.717) is 24.4 Å². The lowest BCUT2D eigenvalue weighted by Crippen LogP contribution is -2.57. The SMILES string of the molecule is CNC(=O)C1(CC(C)C)C=CCN1C(=O)c1ccccc1. The van der Waals surface area contributed by atoms with E-state index in [2.05, 4.69) is 19.2 Å². The Bertz CT molecular complexity index is 551. The summed E-state index contributed by atoms with van der Waals surface area (Å²) >= 11 is 0. The fourth-order valence-corrected chi connectivity index (χ4v) is 2.91. The first-order chi connectivity index (χ1) is 10.0. The van der Waals surface area contributed by atoms with Gasteiger partial charge in [0.15, 0.2) is 0 Å². The molecule has 1 aromatic rings. The lowest BCUT2D eigenvalue weighted by molar-refractivity contribution is -0.129. The Hall–Kier alpha value is -2.10. The molecule has 0 aliphatic carbocycles. The van der Waals surface area contributed by atoms with Gasteiger partial charge in [-0.1, -0.05) is 44.2 Å². The lowest BCUT2D eigenvalue weighted by Gasteiger charge is -2.37. The van der Waals surface area contributed by atoms with E-state index in [-0.39, 0.29) is 11.8 Å². The number of benzene rings is 1. The summed E-state index contributed by atoms with van der Waals surface area (Å²) in [4.78, 5) is 26.9. The second-order valence-electron chi connectivity index (χ2n) is 5.79. The molecule has 0 saturated carbocycles. The highest BCUT2D eigenvalue weighted by atomic mass is 16.2. The summed E-state index contributed by atoms with van der Waals surface area (Å²) in [5.41, 5.74) is -0.270. The topological polar surface area (TPSA) is 49.4 Å². The molecule has 1 aromatic carbocycles. The summed E-state index contributed by atoms with van der Waals surface area (Å²) in [5.74, 6) is 0.0650. The van der Waals surface area contributed by atoms with Gasteiger partial charge in [0.05, 0.1) is 0 Å². The Balaban J connectivity index is 2.37. The van der Waals surface area contributed by atoms with Crippen LogP contribution in [0.4, 0.5) is 0 Å². The summed E-state index contributed by atoms with van der Waals surface area (Å²) in [5, 5.41) is 2.71. The largest absolute Gasteiger partial charge is 0.357 e. The van der Waals surface area contributed by atoms with Gasteiger partial charge in [-0.05, 0) is 24.5 Å². The fraction of sp³-hybridized carbons (Fsp3) is 0.412. The predicted molar refractivity (Wildman–Crippen MR) is 82.9 cm³/mol. The third-order valence-corrected chi connectivity index (χ3v) is 3.77. The van der Waals surface area contributed by atoms with Crippen molar-refractivity contribution in [3.05, 3.63) is 48.0 Å². The molecular weight excluding hydrogens is 264 g/mol. The minimum absolute atomic E-state index is 0.107. The number of hydrogen-bond donors (Lipinski definition) is 1. The van der Waals surface area contributed by atoms with Gasteiger partial charge < -0.3 is 10.2 Å². The molecule has 1 N–H and O–H groups in total. The average Bonchev–Trinajstić information content (AvgIpc) is 2.90. The normalized spacial score (nSPS) is 20.9. The van der Waals surface area contributed by atoms with E-state index >= 15 is 0 Å². The second kappa shape index (κ2) is 6.12. The molecule has 1 aliphatic rings. The van der Waals surface area contributed by atoms with Gasteiger partial charge in [0.25, 0.3) is 5.91 Å². The monoisotopic (exact) mass is 286 g/mol. The van der Waals surface area contributed by atoms with Gasteiger partial charge in [0.2, 0.25) is 5.91 Å². The zero-order valence-corrected chi connectivity index (χ0v) is 12.8. The van der Waals surface area contributed by atoms with Crippen LogP contribution in [-0.2, 0) is 4.79 Å². The van der Waals surface area contributed by atoms with E-state index in [4.69, 9.17) is 0 Å². The maximum atomic E-state index is 12.8. The maximum absolute atomic E-state index is 12.8. The third-order valence-electron chi connectivity index (χ3n) is 3.77. The molecule has 0 radical (unpaired) electrons. The van der Waals surface area contributed by atoms with Gasteiger partial charge in [-0.2, -0.15) is 0 Å². The van der Waals surface area contributed by atoms with E-state index in [0.717, 1.165) is 0 Å². The Morgan fingerprint density at radius 2 is 1.95 bits per heavy atom. The fourth-order valence-electron chi connectivity index (χ4n) is 2.91. The zero-order chi connectivity index (χ0) is 15.5. The van der Waals surface area contributed by atoms with Crippen LogP contribution < -0.4 is 5.32 Å². The van der Waals surface area contributed by atoms with Gasteiger partial charge in [-0.15, -0.1) is 0 Å². The van der Waals surface area contributed by atoms with E-state index in [1.807, 2.05) is 30.4 Å². The van der Waals surface area contributed by atoms with Crippen LogP contribution in [0.25, 0.3) is 0 Å². The predicted octanol–water partition coefficient (Wildman–Crippen LogP) is 2.23. The molecule has 0 spiro atoms. The van der Waals surface area contributed by atoms with E-state index in [1.54, 1.807) is 24.1 Å². The van der Waals surface area contributed by atoms with Crippen LogP contribution in [0.2, 0.25) is 0 Å². The van der Waals surface area contributed by atoms with Gasteiger partial charge in [0.1, 0.15) is 5.54 Å². The smallest absolute Gasteiger partial charge is 0.255 e. The Labute approximate surface area is 125 Å². The highest BCUT2D eigenvalue weighted by molar-refractivity contribution is 6.01.